The molecule has 4 aromatic rings. The van der Waals surface area contributed by atoms with Gasteiger partial charge in [0, 0.05) is 20.9 Å². The predicted octanol–water partition coefficient (Wildman–Crippen LogP) is 8.21. The summed E-state index contributed by atoms with van der Waals surface area (Å²) in [6.45, 7) is 11.2. The maximum atomic E-state index is 11.2. The molecule has 0 aromatic heterocycles. The van der Waals surface area contributed by atoms with Crippen LogP contribution in [0.5, 0.6) is 0 Å². The van der Waals surface area contributed by atoms with Crippen molar-refractivity contribution in [3.8, 4) is 0 Å². The Morgan fingerprint density at radius 2 is 1.44 bits per heavy atom. The highest BCUT2D eigenvalue weighted by Crippen LogP contribution is 2.51. The first kappa shape index (κ1) is 30.6. The van der Waals surface area contributed by atoms with Gasteiger partial charge in [-0.2, -0.15) is 0 Å². The lowest BCUT2D eigenvalue weighted by Gasteiger charge is -2.46. The van der Waals surface area contributed by atoms with Crippen molar-refractivity contribution in [2.24, 2.45) is 5.41 Å². The molecule has 0 spiro atoms. The topological polar surface area (TPSA) is 74.6 Å². The maximum absolute atomic E-state index is 11.2. The van der Waals surface area contributed by atoms with E-state index >= 15 is 0 Å². The number of benzene rings is 4. The quantitative estimate of drug-likeness (QED) is 0.212. The molecule has 0 unspecified atom stereocenters. The van der Waals surface area contributed by atoms with E-state index in [9.17, 15) is 19.8 Å². The molecule has 0 amide bonds. The molecule has 4 nitrogen and oxygen atoms in total. The number of rotatable bonds is 1. The summed E-state index contributed by atoms with van der Waals surface area (Å²) in [5.41, 5.74) is 3.84. The zero-order chi connectivity index (χ0) is 30.1. The van der Waals surface area contributed by atoms with Gasteiger partial charge in [0.15, 0.2) is 0 Å². The number of aliphatic hydroxyl groups is 2. The number of carbonyl (C=O) groups is 2. The molecule has 2 aliphatic carbocycles. The van der Waals surface area contributed by atoms with Crippen LogP contribution in [0.25, 0.3) is 27.1 Å². The summed E-state index contributed by atoms with van der Waals surface area (Å²) in [6, 6.07) is 24.2. The maximum Gasteiger partial charge on any atom is 0.150 e. The third-order valence-electron chi connectivity index (χ3n) is 7.80. The Hall–Kier alpha value is -3.38. The molecule has 0 saturated carbocycles. The Morgan fingerprint density at radius 3 is 2.10 bits per heavy atom. The van der Waals surface area contributed by atoms with Crippen LogP contribution in [-0.2, 0) is 10.2 Å². The van der Waals surface area contributed by atoms with Crippen LogP contribution in [0.15, 0.2) is 95.0 Å². The summed E-state index contributed by atoms with van der Waals surface area (Å²) >= 11 is 3.58. The van der Waals surface area contributed by atoms with E-state index in [1.807, 2.05) is 62.4 Å². The van der Waals surface area contributed by atoms with Crippen molar-refractivity contribution in [2.75, 3.05) is 0 Å². The minimum atomic E-state index is -0.723. The van der Waals surface area contributed by atoms with Crippen molar-refractivity contribution in [3.05, 3.63) is 112 Å². The Morgan fingerprint density at radius 1 is 0.829 bits per heavy atom. The van der Waals surface area contributed by atoms with Crippen molar-refractivity contribution in [1.82, 2.24) is 0 Å². The Kier molecular flexibility index (Phi) is 8.84. The van der Waals surface area contributed by atoms with Crippen LogP contribution in [0.2, 0.25) is 0 Å². The number of carbonyl (C=O) groups excluding carboxylic acids is 2. The largest absolute Gasteiger partial charge is 0.388 e. The van der Waals surface area contributed by atoms with Gasteiger partial charge in [-0.3, -0.25) is 4.79 Å². The number of hydrogen-bond donors (Lipinski definition) is 2. The van der Waals surface area contributed by atoms with E-state index in [1.54, 1.807) is 0 Å². The second-order valence-corrected chi connectivity index (χ2v) is 13.0. The first-order chi connectivity index (χ1) is 19.3. The van der Waals surface area contributed by atoms with Crippen LogP contribution < -0.4 is 0 Å². The molecule has 2 N–H and O–H groups in total. The van der Waals surface area contributed by atoms with Crippen molar-refractivity contribution in [1.29, 1.82) is 0 Å². The molecule has 212 valence electrons. The normalized spacial score (nSPS) is 19.7. The zero-order valence-electron chi connectivity index (χ0n) is 24.4. The number of ketones is 1. The highest BCUT2D eigenvalue weighted by atomic mass is 79.9. The smallest absolute Gasteiger partial charge is 0.150 e. The average Bonchev–Trinajstić information content (AvgIpc) is 2.92. The van der Waals surface area contributed by atoms with Gasteiger partial charge in [0.2, 0.25) is 0 Å². The monoisotopic (exact) mass is 612 g/mol. The highest BCUT2D eigenvalue weighted by Gasteiger charge is 2.47. The fraction of sp³-hybridized carbons (Fsp3) is 0.278. The third kappa shape index (κ3) is 6.13. The van der Waals surface area contributed by atoms with Gasteiger partial charge in [0.1, 0.15) is 12.1 Å². The summed E-state index contributed by atoms with van der Waals surface area (Å²) < 4.78 is 1.03. The number of aldehydes is 1. The van der Waals surface area contributed by atoms with E-state index in [2.05, 4.69) is 66.2 Å². The van der Waals surface area contributed by atoms with Crippen molar-refractivity contribution < 1.29 is 19.8 Å². The van der Waals surface area contributed by atoms with Crippen LogP contribution in [-0.4, -0.2) is 34.5 Å². The number of hydrogen-bond acceptors (Lipinski definition) is 4. The first-order valence-corrected chi connectivity index (χ1v) is 14.5. The van der Waals surface area contributed by atoms with Crippen LogP contribution in [0.3, 0.4) is 0 Å². The van der Waals surface area contributed by atoms with Crippen LogP contribution >= 0.6 is 15.9 Å². The summed E-state index contributed by atoms with van der Waals surface area (Å²) in [4.78, 5) is 19.9. The second kappa shape index (κ2) is 11.8. The number of fused-ring (bicyclic) bond motifs is 5. The van der Waals surface area contributed by atoms with Crippen molar-refractivity contribution >= 4 is 55.1 Å². The fourth-order valence-electron chi connectivity index (χ4n) is 5.59. The molecule has 5 heteroatoms. The molecule has 0 saturated heterocycles. The summed E-state index contributed by atoms with van der Waals surface area (Å²) in [7, 11) is 0. The molecular weight excluding hydrogens is 576 g/mol. The first-order valence-electron chi connectivity index (χ1n) is 13.7. The van der Waals surface area contributed by atoms with E-state index < -0.39 is 17.6 Å². The number of aliphatic hydroxyl groups excluding tert-OH is 2. The molecule has 0 heterocycles. The lowest BCUT2D eigenvalue weighted by atomic mass is 9.61. The van der Waals surface area contributed by atoms with Crippen LogP contribution in [0.4, 0.5) is 0 Å². The number of halogens is 1. The van der Waals surface area contributed by atoms with Crippen molar-refractivity contribution in [2.45, 2.75) is 59.2 Å². The minimum absolute atomic E-state index is 0.167. The zero-order valence-corrected chi connectivity index (χ0v) is 26.0. The lowest BCUT2D eigenvalue weighted by molar-refractivity contribution is -0.115. The molecule has 2 atom stereocenters. The fourth-order valence-corrected chi connectivity index (χ4v) is 5.95. The SMILES string of the molecule is CC(C)=O.CC1(C)C=CC2=C([C@H]1O)[C@H](O)C(C)(C)c1c2ccc2ccc(Br)cc12.O=Cc1ccc2ccccc2c1. The molecule has 4 aromatic carbocycles. The second-order valence-electron chi connectivity index (χ2n) is 12.0. The molecule has 2 aliphatic rings. The van der Waals surface area contributed by atoms with E-state index in [0.29, 0.717) is 0 Å². The van der Waals surface area contributed by atoms with E-state index in [4.69, 9.17) is 0 Å². The summed E-state index contributed by atoms with van der Waals surface area (Å²) in [5, 5.41) is 26.8. The van der Waals surface area contributed by atoms with Gasteiger partial charge in [-0.15, -0.1) is 0 Å². The molecule has 0 bridgehead atoms. The molecule has 41 heavy (non-hydrogen) atoms. The van der Waals surface area contributed by atoms with E-state index in [1.165, 1.54) is 19.2 Å². The molecular formula is C36H37BrO4. The molecule has 0 radical (unpaired) electrons. The lowest BCUT2D eigenvalue weighted by Crippen LogP contribution is -2.47. The Balaban J connectivity index is 0.000000201. The standard InChI is InChI=1S/C22H23BrO2.C11H8O.C3H6O/c1-21(2)10-9-14-15-8-6-12-5-7-13(23)11-16(12)18(15)22(3,4)20(25)17(14)19(21)24;12-8-9-5-6-10-3-1-2-4-11(10)7-9;1-3(2)4/h5-11,19-20,24-25H,1-4H3;1-8H;1-2H3/t19-,20+;;/m1../s1. The van der Waals surface area contributed by atoms with Crippen molar-refractivity contribution in [3.63, 3.8) is 0 Å². The van der Waals surface area contributed by atoms with Gasteiger partial charge in [-0.05, 0) is 75.9 Å². The Bertz CT molecular complexity index is 1690. The average molecular weight is 614 g/mol. The van der Waals surface area contributed by atoms with E-state index in [-0.39, 0.29) is 11.2 Å². The van der Waals surface area contributed by atoms with Crippen LogP contribution in [0, 0.1) is 5.41 Å². The van der Waals surface area contributed by atoms with Gasteiger partial charge in [0.05, 0.1) is 12.2 Å². The van der Waals surface area contributed by atoms with Gasteiger partial charge < -0.3 is 15.0 Å². The summed E-state index contributed by atoms with van der Waals surface area (Å²) in [6.07, 6.45) is 3.58. The van der Waals surface area contributed by atoms with Gasteiger partial charge in [0.25, 0.3) is 0 Å². The third-order valence-corrected chi connectivity index (χ3v) is 8.29. The van der Waals surface area contributed by atoms with Gasteiger partial charge in [-0.25, -0.2) is 0 Å². The predicted molar refractivity (Wildman–Crippen MR) is 172 cm³/mol. The number of allylic oxidation sites excluding steroid dienone is 2. The van der Waals surface area contributed by atoms with Gasteiger partial charge >= 0.3 is 0 Å². The van der Waals surface area contributed by atoms with E-state index in [0.717, 1.165) is 54.8 Å². The molecule has 6 rings (SSSR count). The highest BCUT2D eigenvalue weighted by molar-refractivity contribution is 9.10. The van der Waals surface area contributed by atoms with Crippen LogP contribution in [0.1, 0.15) is 63.0 Å². The Labute approximate surface area is 250 Å². The summed E-state index contributed by atoms with van der Waals surface area (Å²) in [5.74, 6) is 0.167. The molecule has 0 fully saturated rings. The van der Waals surface area contributed by atoms with Gasteiger partial charge in [-0.1, -0.05) is 110 Å². The number of Topliss-reactive ketones (excluding diaryl/α,β-unsaturated/α-hetero) is 1. The molecule has 0 aliphatic heterocycles. The minimum Gasteiger partial charge on any atom is -0.388 e.